The topological polar surface area (TPSA) is 72.5 Å². The summed E-state index contributed by atoms with van der Waals surface area (Å²) in [5.41, 5.74) is 5.84. The SMILES string of the molecule is NC(=O)C1C=NC2=C(C1)S(=O)C=C2. The molecule has 0 saturated carbocycles. The number of amides is 1. The lowest BCUT2D eigenvalue weighted by Gasteiger charge is -2.13. The fourth-order valence-corrected chi connectivity index (χ4v) is 2.39. The number of primary amides is 1. The van der Waals surface area contributed by atoms with Crippen LogP contribution in [0.25, 0.3) is 0 Å². The van der Waals surface area contributed by atoms with Gasteiger partial charge in [-0.25, -0.2) is 4.21 Å². The van der Waals surface area contributed by atoms with E-state index in [4.69, 9.17) is 5.73 Å². The van der Waals surface area contributed by atoms with E-state index < -0.39 is 22.6 Å². The molecule has 0 aromatic carbocycles. The van der Waals surface area contributed by atoms with Crippen molar-refractivity contribution < 1.29 is 9.00 Å². The standard InChI is InChI=1S/C8H8N2O2S/c9-8(11)5-3-7-6(10-4-5)1-2-13(7)12/h1-2,4-5H,3H2,(H2,9,11). The summed E-state index contributed by atoms with van der Waals surface area (Å²) in [6, 6.07) is 0. The van der Waals surface area contributed by atoms with E-state index in [0.29, 0.717) is 11.3 Å². The molecular weight excluding hydrogens is 188 g/mol. The van der Waals surface area contributed by atoms with E-state index in [-0.39, 0.29) is 0 Å². The Morgan fingerprint density at radius 3 is 3.15 bits per heavy atom. The summed E-state index contributed by atoms with van der Waals surface area (Å²) in [5, 5.41) is 1.57. The smallest absolute Gasteiger partial charge is 0.226 e. The molecule has 2 rings (SSSR count). The molecule has 0 fully saturated rings. The van der Waals surface area contributed by atoms with Gasteiger partial charge in [0.1, 0.15) is 0 Å². The molecule has 0 bridgehead atoms. The molecule has 0 spiro atoms. The van der Waals surface area contributed by atoms with Gasteiger partial charge in [0.15, 0.2) is 0 Å². The van der Waals surface area contributed by atoms with Gasteiger partial charge >= 0.3 is 0 Å². The Morgan fingerprint density at radius 1 is 1.69 bits per heavy atom. The van der Waals surface area contributed by atoms with Crippen molar-refractivity contribution in [1.82, 2.24) is 0 Å². The first kappa shape index (κ1) is 8.37. The molecule has 2 atom stereocenters. The number of hydrogen-bond acceptors (Lipinski definition) is 3. The minimum atomic E-state index is -1.10. The minimum absolute atomic E-state index is 0.400. The van der Waals surface area contributed by atoms with Gasteiger partial charge in [-0.1, -0.05) is 0 Å². The lowest BCUT2D eigenvalue weighted by molar-refractivity contribution is -0.119. The highest BCUT2D eigenvalue weighted by atomic mass is 32.2. The second-order valence-electron chi connectivity index (χ2n) is 2.90. The molecule has 2 N–H and O–H groups in total. The highest BCUT2D eigenvalue weighted by Crippen LogP contribution is 2.29. The Labute approximate surface area is 77.7 Å². The van der Waals surface area contributed by atoms with Crippen LogP contribution >= 0.6 is 0 Å². The maximum atomic E-state index is 11.3. The average Bonchev–Trinajstić information content (AvgIpc) is 2.47. The van der Waals surface area contributed by atoms with E-state index in [9.17, 15) is 9.00 Å². The normalized spacial score (nSPS) is 30.8. The third kappa shape index (κ3) is 1.35. The number of carbonyl (C=O) groups is 1. The van der Waals surface area contributed by atoms with Crippen molar-refractivity contribution >= 4 is 22.9 Å². The molecule has 2 aliphatic heterocycles. The Hall–Kier alpha value is -1.23. The molecule has 0 radical (unpaired) electrons. The van der Waals surface area contributed by atoms with Crippen molar-refractivity contribution in [2.45, 2.75) is 6.42 Å². The molecule has 0 saturated heterocycles. The van der Waals surface area contributed by atoms with Crippen LogP contribution in [-0.4, -0.2) is 16.3 Å². The second-order valence-corrected chi connectivity index (χ2v) is 4.26. The summed E-state index contributed by atoms with van der Waals surface area (Å²) >= 11 is 0. The third-order valence-electron chi connectivity index (χ3n) is 2.04. The highest BCUT2D eigenvalue weighted by molar-refractivity contribution is 7.92. The molecule has 0 aromatic heterocycles. The van der Waals surface area contributed by atoms with Crippen LogP contribution in [0.2, 0.25) is 0 Å². The quantitative estimate of drug-likeness (QED) is 0.643. The van der Waals surface area contributed by atoms with Gasteiger partial charge in [-0.3, -0.25) is 9.79 Å². The number of aliphatic imine (C=N–C) groups is 1. The summed E-state index contributed by atoms with van der Waals surface area (Å²) in [7, 11) is -1.10. The molecule has 0 aliphatic carbocycles. The van der Waals surface area contributed by atoms with Crippen molar-refractivity contribution in [3.8, 4) is 0 Å². The monoisotopic (exact) mass is 196 g/mol. The Bertz CT molecular complexity index is 382. The minimum Gasteiger partial charge on any atom is -0.369 e. The van der Waals surface area contributed by atoms with Gasteiger partial charge in [0.25, 0.3) is 0 Å². The van der Waals surface area contributed by atoms with E-state index in [2.05, 4.69) is 4.99 Å². The van der Waals surface area contributed by atoms with Crippen molar-refractivity contribution in [2.24, 2.45) is 16.6 Å². The van der Waals surface area contributed by atoms with Gasteiger partial charge in [-0.15, -0.1) is 0 Å². The number of rotatable bonds is 1. The maximum absolute atomic E-state index is 11.3. The lowest BCUT2D eigenvalue weighted by Crippen LogP contribution is -2.26. The summed E-state index contributed by atoms with van der Waals surface area (Å²) in [4.78, 5) is 15.6. The zero-order chi connectivity index (χ0) is 9.42. The maximum Gasteiger partial charge on any atom is 0.226 e. The molecule has 2 aliphatic rings. The first-order chi connectivity index (χ1) is 6.18. The third-order valence-corrected chi connectivity index (χ3v) is 3.29. The van der Waals surface area contributed by atoms with E-state index in [1.807, 2.05) is 0 Å². The van der Waals surface area contributed by atoms with Gasteiger partial charge in [-0.2, -0.15) is 0 Å². The molecule has 1 amide bonds. The van der Waals surface area contributed by atoms with Crippen LogP contribution in [0.3, 0.4) is 0 Å². The van der Waals surface area contributed by atoms with Crippen molar-refractivity contribution in [3.63, 3.8) is 0 Å². The van der Waals surface area contributed by atoms with Crippen molar-refractivity contribution in [2.75, 3.05) is 0 Å². The van der Waals surface area contributed by atoms with Crippen LogP contribution in [0.15, 0.2) is 27.1 Å². The van der Waals surface area contributed by atoms with Crippen LogP contribution in [0.1, 0.15) is 6.42 Å². The molecule has 2 heterocycles. The van der Waals surface area contributed by atoms with Crippen LogP contribution in [-0.2, 0) is 15.6 Å². The van der Waals surface area contributed by atoms with Crippen LogP contribution < -0.4 is 5.73 Å². The highest BCUT2D eigenvalue weighted by Gasteiger charge is 2.26. The van der Waals surface area contributed by atoms with Gasteiger partial charge in [0, 0.05) is 16.5 Å². The Morgan fingerprint density at radius 2 is 2.46 bits per heavy atom. The Balaban J connectivity index is 2.28. The number of carbonyl (C=O) groups excluding carboxylic acids is 1. The molecule has 13 heavy (non-hydrogen) atoms. The summed E-state index contributed by atoms with van der Waals surface area (Å²) in [6.07, 6.45) is 3.67. The van der Waals surface area contributed by atoms with Gasteiger partial charge < -0.3 is 5.73 Å². The number of nitrogens with two attached hydrogens (primary N) is 1. The van der Waals surface area contributed by atoms with Gasteiger partial charge in [0.05, 0.1) is 22.4 Å². The van der Waals surface area contributed by atoms with Gasteiger partial charge in [-0.05, 0) is 12.5 Å². The summed E-state index contributed by atoms with van der Waals surface area (Å²) in [5.74, 6) is -0.818. The molecule has 68 valence electrons. The molecule has 5 heteroatoms. The second kappa shape index (κ2) is 2.92. The zero-order valence-corrected chi connectivity index (χ0v) is 7.58. The van der Waals surface area contributed by atoms with E-state index in [1.165, 1.54) is 6.21 Å². The Kier molecular flexibility index (Phi) is 1.88. The number of hydrogen-bond donors (Lipinski definition) is 1. The van der Waals surface area contributed by atoms with E-state index >= 15 is 0 Å². The predicted octanol–water partition coefficient (Wildman–Crippen LogP) is 0.0500. The fourth-order valence-electron chi connectivity index (χ4n) is 1.30. The number of allylic oxidation sites excluding steroid dienone is 2. The first-order valence-electron chi connectivity index (χ1n) is 3.84. The van der Waals surface area contributed by atoms with Crippen molar-refractivity contribution in [3.05, 3.63) is 22.1 Å². The fraction of sp³-hybridized carbons (Fsp3) is 0.250. The zero-order valence-electron chi connectivity index (χ0n) is 6.77. The van der Waals surface area contributed by atoms with Gasteiger partial charge in [0.2, 0.25) is 5.91 Å². The van der Waals surface area contributed by atoms with Crippen molar-refractivity contribution in [1.29, 1.82) is 0 Å². The molecule has 2 unspecified atom stereocenters. The summed E-state index contributed by atoms with van der Waals surface area (Å²) in [6.45, 7) is 0. The molecule has 4 nitrogen and oxygen atoms in total. The molecular formula is C8H8N2O2S. The summed E-state index contributed by atoms with van der Waals surface area (Å²) < 4.78 is 11.3. The van der Waals surface area contributed by atoms with Crippen LogP contribution in [0.4, 0.5) is 0 Å². The van der Waals surface area contributed by atoms with Crippen LogP contribution in [0, 0.1) is 5.92 Å². The number of nitrogens with zero attached hydrogens (tertiary/aromatic N) is 1. The van der Waals surface area contributed by atoms with E-state index in [0.717, 1.165) is 5.70 Å². The van der Waals surface area contributed by atoms with E-state index in [1.54, 1.807) is 11.5 Å². The lowest BCUT2D eigenvalue weighted by atomic mass is 10.0. The largest absolute Gasteiger partial charge is 0.369 e. The predicted molar refractivity (Wildman–Crippen MR) is 50.1 cm³/mol. The molecule has 0 aromatic rings. The average molecular weight is 196 g/mol. The first-order valence-corrected chi connectivity index (χ1v) is 5.05. The van der Waals surface area contributed by atoms with Crippen LogP contribution in [0.5, 0.6) is 0 Å².